The SMILES string of the molecule is Cc1coc2cc3oc(=O)c(CC(=O)NC(C)(C)CO)c(C)c3cc12. The van der Waals surface area contributed by atoms with Gasteiger partial charge in [0.1, 0.15) is 11.2 Å². The molecule has 0 bridgehead atoms. The van der Waals surface area contributed by atoms with Crippen LogP contribution in [0.1, 0.15) is 30.5 Å². The molecule has 0 spiro atoms. The molecule has 3 rings (SSSR count). The van der Waals surface area contributed by atoms with Crippen LogP contribution in [-0.2, 0) is 11.2 Å². The summed E-state index contributed by atoms with van der Waals surface area (Å²) in [5.41, 5.74) is 1.83. The molecule has 0 fully saturated rings. The van der Waals surface area contributed by atoms with E-state index in [1.807, 2.05) is 13.0 Å². The summed E-state index contributed by atoms with van der Waals surface area (Å²) in [5.74, 6) is -0.339. The smallest absolute Gasteiger partial charge is 0.340 e. The lowest BCUT2D eigenvalue weighted by Crippen LogP contribution is -2.47. The van der Waals surface area contributed by atoms with Gasteiger partial charge in [-0.25, -0.2) is 4.79 Å². The summed E-state index contributed by atoms with van der Waals surface area (Å²) < 4.78 is 10.9. The van der Waals surface area contributed by atoms with Crippen molar-refractivity contribution >= 4 is 27.8 Å². The van der Waals surface area contributed by atoms with E-state index >= 15 is 0 Å². The van der Waals surface area contributed by atoms with Gasteiger partial charge in [-0.05, 0) is 44.9 Å². The highest BCUT2D eigenvalue weighted by Crippen LogP contribution is 2.28. The molecule has 0 aliphatic rings. The highest BCUT2D eigenvalue weighted by atomic mass is 16.4. The first kappa shape index (κ1) is 17.2. The second-order valence-corrected chi connectivity index (χ2v) is 7.02. The highest BCUT2D eigenvalue weighted by Gasteiger charge is 2.22. The number of hydrogen-bond donors (Lipinski definition) is 2. The van der Waals surface area contributed by atoms with Gasteiger partial charge in [-0.2, -0.15) is 0 Å². The van der Waals surface area contributed by atoms with Gasteiger partial charge < -0.3 is 19.3 Å². The quantitative estimate of drug-likeness (QED) is 0.710. The minimum atomic E-state index is -0.748. The number of rotatable bonds is 4. The third kappa shape index (κ3) is 3.17. The number of nitrogens with one attached hydrogen (secondary N) is 1. The molecule has 0 aliphatic carbocycles. The van der Waals surface area contributed by atoms with E-state index in [4.69, 9.17) is 8.83 Å². The molecule has 2 aromatic heterocycles. The van der Waals surface area contributed by atoms with Crippen LogP contribution in [0.5, 0.6) is 0 Å². The van der Waals surface area contributed by atoms with Crippen LogP contribution >= 0.6 is 0 Å². The minimum absolute atomic E-state index is 0.101. The van der Waals surface area contributed by atoms with Crippen LogP contribution in [0.4, 0.5) is 0 Å². The lowest BCUT2D eigenvalue weighted by Gasteiger charge is -2.23. The first-order valence-electron chi connectivity index (χ1n) is 8.08. The van der Waals surface area contributed by atoms with Crippen molar-refractivity contribution in [1.82, 2.24) is 5.32 Å². The second kappa shape index (κ2) is 6.04. The molecule has 0 saturated carbocycles. The van der Waals surface area contributed by atoms with Crippen molar-refractivity contribution in [3.05, 3.63) is 45.5 Å². The number of amides is 1. The van der Waals surface area contributed by atoms with Gasteiger partial charge in [0.25, 0.3) is 0 Å². The summed E-state index contributed by atoms with van der Waals surface area (Å²) in [5, 5.41) is 13.7. The number of hydrogen-bond acceptors (Lipinski definition) is 5. The molecule has 3 aromatic rings. The molecule has 2 heterocycles. The number of carbonyl (C=O) groups is 1. The topological polar surface area (TPSA) is 92.7 Å². The van der Waals surface area contributed by atoms with E-state index in [2.05, 4.69) is 5.32 Å². The summed E-state index contributed by atoms with van der Waals surface area (Å²) >= 11 is 0. The molecule has 1 aromatic carbocycles. The summed E-state index contributed by atoms with van der Waals surface area (Å²) in [6.07, 6.45) is 1.55. The normalized spacial score (nSPS) is 12.0. The fourth-order valence-corrected chi connectivity index (χ4v) is 2.86. The van der Waals surface area contributed by atoms with E-state index in [-0.39, 0.29) is 18.9 Å². The van der Waals surface area contributed by atoms with Gasteiger partial charge in [0, 0.05) is 16.8 Å². The Bertz CT molecular complexity index is 1030. The molecule has 1 amide bonds. The maximum Gasteiger partial charge on any atom is 0.340 e. The van der Waals surface area contributed by atoms with Crippen LogP contribution in [-0.4, -0.2) is 23.2 Å². The maximum atomic E-state index is 12.3. The molecule has 132 valence electrons. The van der Waals surface area contributed by atoms with Crippen molar-refractivity contribution in [2.24, 2.45) is 0 Å². The van der Waals surface area contributed by atoms with Crippen LogP contribution in [0.15, 0.2) is 32.0 Å². The summed E-state index contributed by atoms with van der Waals surface area (Å²) in [7, 11) is 0. The number of aliphatic hydroxyl groups is 1. The number of fused-ring (bicyclic) bond motifs is 2. The van der Waals surface area contributed by atoms with Crippen LogP contribution in [0.2, 0.25) is 0 Å². The molecule has 0 atom stereocenters. The van der Waals surface area contributed by atoms with Crippen molar-refractivity contribution in [3.63, 3.8) is 0 Å². The molecule has 6 heteroatoms. The fourth-order valence-electron chi connectivity index (χ4n) is 2.86. The van der Waals surface area contributed by atoms with E-state index in [1.165, 1.54) is 0 Å². The minimum Gasteiger partial charge on any atom is -0.464 e. The summed E-state index contributed by atoms with van der Waals surface area (Å²) in [6.45, 7) is 6.97. The highest BCUT2D eigenvalue weighted by molar-refractivity contribution is 5.96. The number of carbonyl (C=O) groups excluding carboxylic acids is 1. The first-order valence-corrected chi connectivity index (χ1v) is 8.08. The second-order valence-electron chi connectivity index (χ2n) is 7.02. The third-order valence-electron chi connectivity index (χ3n) is 4.39. The van der Waals surface area contributed by atoms with Crippen LogP contribution in [0.25, 0.3) is 21.9 Å². The van der Waals surface area contributed by atoms with E-state index < -0.39 is 11.2 Å². The van der Waals surface area contributed by atoms with E-state index in [0.29, 0.717) is 22.3 Å². The van der Waals surface area contributed by atoms with Gasteiger partial charge in [0.05, 0.1) is 30.4 Å². The van der Waals surface area contributed by atoms with Gasteiger partial charge in [-0.15, -0.1) is 0 Å². The molecule has 0 aliphatic heterocycles. The Morgan fingerprint density at radius 1 is 1.20 bits per heavy atom. The van der Waals surface area contributed by atoms with E-state index in [9.17, 15) is 14.7 Å². The number of aliphatic hydroxyl groups excluding tert-OH is 1. The zero-order chi connectivity index (χ0) is 18.4. The molecule has 0 radical (unpaired) electrons. The average molecular weight is 343 g/mol. The monoisotopic (exact) mass is 343 g/mol. The molecule has 0 unspecified atom stereocenters. The molecular formula is C19H21NO5. The van der Waals surface area contributed by atoms with Crippen molar-refractivity contribution < 1.29 is 18.7 Å². The standard InChI is InChI=1S/C19H21NO5/c1-10-8-24-15-7-16-13(5-12(10)15)11(2)14(18(23)25-16)6-17(22)20-19(3,4)9-21/h5,7-8,21H,6,9H2,1-4H3,(H,20,22). The third-order valence-corrected chi connectivity index (χ3v) is 4.39. The number of benzene rings is 1. The zero-order valence-electron chi connectivity index (χ0n) is 14.7. The Kier molecular flexibility index (Phi) is 4.16. The Morgan fingerprint density at radius 3 is 2.60 bits per heavy atom. The fraction of sp³-hybridized carbons (Fsp3) is 0.368. The molecular weight excluding hydrogens is 322 g/mol. The summed E-state index contributed by atoms with van der Waals surface area (Å²) in [6, 6.07) is 3.62. The molecule has 2 N–H and O–H groups in total. The van der Waals surface area contributed by atoms with Crippen LogP contribution in [0.3, 0.4) is 0 Å². The predicted molar refractivity (Wildman–Crippen MR) is 94.7 cm³/mol. The molecule has 0 saturated heterocycles. The van der Waals surface area contributed by atoms with E-state index in [0.717, 1.165) is 16.3 Å². The van der Waals surface area contributed by atoms with Crippen molar-refractivity contribution in [2.75, 3.05) is 6.61 Å². The van der Waals surface area contributed by atoms with Crippen molar-refractivity contribution in [2.45, 2.75) is 39.7 Å². The van der Waals surface area contributed by atoms with Crippen molar-refractivity contribution in [1.29, 1.82) is 0 Å². The zero-order valence-corrected chi connectivity index (χ0v) is 14.7. The molecule has 6 nitrogen and oxygen atoms in total. The predicted octanol–water partition coefficient (Wildman–Crippen LogP) is 2.59. The van der Waals surface area contributed by atoms with Gasteiger partial charge in [-0.1, -0.05) is 0 Å². The number of aryl methyl sites for hydroxylation is 2. The van der Waals surface area contributed by atoms with Gasteiger partial charge >= 0.3 is 5.63 Å². The first-order chi connectivity index (χ1) is 11.7. The van der Waals surface area contributed by atoms with Gasteiger partial charge in [0.15, 0.2) is 0 Å². The average Bonchev–Trinajstić information content (AvgIpc) is 2.90. The summed E-state index contributed by atoms with van der Waals surface area (Å²) in [4.78, 5) is 24.6. The van der Waals surface area contributed by atoms with Crippen LogP contribution in [0, 0.1) is 13.8 Å². The van der Waals surface area contributed by atoms with Gasteiger partial charge in [-0.3, -0.25) is 4.79 Å². The van der Waals surface area contributed by atoms with Crippen molar-refractivity contribution in [3.8, 4) is 0 Å². The Balaban J connectivity index is 2.06. The van der Waals surface area contributed by atoms with Gasteiger partial charge in [0.2, 0.25) is 5.91 Å². The lowest BCUT2D eigenvalue weighted by atomic mass is 10.0. The lowest BCUT2D eigenvalue weighted by molar-refractivity contribution is -0.122. The van der Waals surface area contributed by atoms with E-state index in [1.54, 1.807) is 33.1 Å². The number of furan rings is 1. The largest absolute Gasteiger partial charge is 0.464 e. The Morgan fingerprint density at radius 2 is 1.92 bits per heavy atom. The Hall–Kier alpha value is -2.60. The maximum absolute atomic E-state index is 12.3. The Labute approximate surface area is 144 Å². The van der Waals surface area contributed by atoms with Crippen LogP contribution < -0.4 is 10.9 Å². The molecule has 25 heavy (non-hydrogen) atoms.